The maximum absolute atomic E-state index is 10.5. The number of nitrogen functional groups attached to an aromatic ring is 1. The van der Waals surface area contributed by atoms with Gasteiger partial charge >= 0.3 is 0 Å². The number of hydrogen-bond donors (Lipinski definition) is 3. The molecule has 0 aliphatic carbocycles. The molecule has 2 aromatic carbocycles. The number of ether oxygens (including phenoxy) is 2. The number of benzene rings is 2. The zero-order chi connectivity index (χ0) is 18.2. The lowest BCUT2D eigenvalue weighted by Crippen LogP contribution is -2.39. The third-order valence-corrected chi connectivity index (χ3v) is 4.94. The van der Waals surface area contributed by atoms with Gasteiger partial charge in [0.15, 0.2) is 11.5 Å². The number of aliphatic hydroxyl groups excluding tert-OH is 1. The molecular formula is C18H20Cl2N2O3. The molecule has 0 amide bonds. The predicted octanol–water partition coefficient (Wildman–Crippen LogP) is 3.86. The van der Waals surface area contributed by atoms with E-state index in [-0.39, 0.29) is 12.3 Å². The van der Waals surface area contributed by atoms with Crippen LogP contribution in [-0.2, 0) is 5.54 Å². The molecule has 1 heterocycles. The number of anilines is 1. The first-order valence-corrected chi connectivity index (χ1v) is 8.61. The van der Waals surface area contributed by atoms with Gasteiger partial charge in [0.2, 0.25) is 6.79 Å². The summed E-state index contributed by atoms with van der Waals surface area (Å²) < 4.78 is 10.8. The van der Waals surface area contributed by atoms with Crippen molar-refractivity contribution in [1.29, 1.82) is 0 Å². The fraction of sp³-hybridized carbons (Fsp3) is 0.333. The Morgan fingerprint density at radius 2 is 1.80 bits per heavy atom. The fourth-order valence-corrected chi connectivity index (χ4v) is 3.16. The van der Waals surface area contributed by atoms with E-state index in [1.807, 2.05) is 32.0 Å². The van der Waals surface area contributed by atoms with Gasteiger partial charge in [0.25, 0.3) is 0 Å². The van der Waals surface area contributed by atoms with Crippen LogP contribution in [0.1, 0.15) is 31.1 Å². The van der Waals surface area contributed by atoms with Crippen molar-refractivity contribution in [2.45, 2.75) is 25.5 Å². The molecule has 2 aromatic rings. The second-order valence-corrected chi connectivity index (χ2v) is 7.30. The molecule has 3 rings (SSSR count). The Morgan fingerprint density at radius 3 is 2.48 bits per heavy atom. The van der Waals surface area contributed by atoms with Gasteiger partial charge in [0.05, 0.1) is 21.8 Å². The Balaban J connectivity index is 1.71. The van der Waals surface area contributed by atoms with Gasteiger partial charge in [-0.3, -0.25) is 0 Å². The highest BCUT2D eigenvalue weighted by atomic mass is 35.5. The van der Waals surface area contributed by atoms with Crippen LogP contribution in [0.4, 0.5) is 5.69 Å². The average molecular weight is 383 g/mol. The van der Waals surface area contributed by atoms with E-state index in [1.165, 1.54) is 0 Å². The number of aliphatic hydroxyl groups is 1. The number of rotatable bonds is 5. The summed E-state index contributed by atoms with van der Waals surface area (Å²) in [4.78, 5) is 0. The molecule has 0 saturated carbocycles. The maximum atomic E-state index is 10.5. The monoisotopic (exact) mass is 382 g/mol. The molecule has 0 fully saturated rings. The average Bonchev–Trinajstić information content (AvgIpc) is 3.04. The van der Waals surface area contributed by atoms with Gasteiger partial charge in [-0.1, -0.05) is 29.3 Å². The third kappa shape index (κ3) is 3.80. The van der Waals surface area contributed by atoms with Crippen molar-refractivity contribution in [3.05, 3.63) is 51.5 Å². The number of hydrogen-bond acceptors (Lipinski definition) is 5. The van der Waals surface area contributed by atoms with Gasteiger partial charge in [-0.25, -0.2) is 0 Å². The van der Waals surface area contributed by atoms with Crippen molar-refractivity contribution in [3.63, 3.8) is 0 Å². The topological polar surface area (TPSA) is 76.7 Å². The van der Waals surface area contributed by atoms with E-state index in [0.717, 1.165) is 17.1 Å². The maximum Gasteiger partial charge on any atom is 0.231 e. The predicted molar refractivity (Wildman–Crippen MR) is 99.4 cm³/mol. The van der Waals surface area contributed by atoms with Crippen molar-refractivity contribution in [3.8, 4) is 11.5 Å². The first-order valence-electron chi connectivity index (χ1n) is 7.85. The zero-order valence-corrected chi connectivity index (χ0v) is 15.5. The summed E-state index contributed by atoms with van der Waals surface area (Å²) in [5, 5.41) is 14.5. The summed E-state index contributed by atoms with van der Waals surface area (Å²) in [6, 6.07) is 9.06. The normalized spacial score (nSPS) is 14.6. The summed E-state index contributed by atoms with van der Waals surface area (Å²) in [6.07, 6.45) is -0.774. The zero-order valence-electron chi connectivity index (χ0n) is 14.0. The minimum Gasteiger partial charge on any atom is -0.454 e. The standard InChI is InChI=1S/C18H20Cl2N2O3/c1-18(2,11-3-4-15-16(7-11)25-9-24-15)22-8-14(23)10-5-12(19)17(21)13(20)6-10/h3-7,14,22-23H,8-9,21H2,1-2H3. The van der Waals surface area contributed by atoms with Crippen LogP contribution in [0.15, 0.2) is 30.3 Å². The Hall–Kier alpha value is -1.66. The summed E-state index contributed by atoms with van der Waals surface area (Å²) in [5.41, 5.74) is 7.29. The molecule has 7 heteroatoms. The van der Waals surface area contributed by atoms with Gasteiger partial charge in [0, 0.05) is 12.1 Å². The fourth-order valence-electron chi connectivity index (χ4n) is 2.65. The number of fused-ring (bicyclic) bond motifs is 1. The lowest BCUT2D eigenvalue weighted by molar-refractivity contribution is 0.161. The molecule has 25 heavy (non-hydrogen) atoms. The molecule has 1 unspecified atom stereocenters. The largest absolute Gasteiger partial charge is 0.454 e. The van der Waals surface area contributed by atoms with Crippen molar-refractivity contribution in [1.82, 2.24) is 5.32 Å². The van der Waals surface area contributed by atoms with Gasteiger partial charge < -0.3 is 25.6 Å². The molecule has 0 bridgehead atoms. The minimum atomic E-state index is -0.774. The summed E-state index contributed by atoms with van der Waals surface area (Å²) in [6.45, 7) is 4.61. The molecule has 1 atom stereocenters. The van der Waals surface area contributed by atoms with Crippen molar-refractivity contribution >= 4 is 28.9 Å². The van der Waals surface area contributed by atoms with Crippen molar-refractivity contribution in [2.24, 2.45) is 0 Å². The summed E-state index contributed by atoms with van der Waals surface area (Å²) in [7, 11) is 0. The number of nitrogens with two attached hydrogens (primary N) is 1. The molecule has 134 valence electrons. The molecule has 4 N–H and O–H groups in total. The second kappa shape index (κ2) is 6.92. The molecule has 1 aliphatic heterocycles. The van der Waals surface area contributed by atoms with E-state index in [1.54, 1.807) is 12.1 Å². The van der Waals surface area contributed by atoms with Crippen LogP contribution in [0, 0.1) is 0 Å². The van der Waals surface area contributed by atoms with Gasteiger partial charge in [-0.2, -0.15) is 0 Å². The van der Waals surface area contributed by atoms with Crippen molar-refractivity contribution in [2.75, 3.05) is 19.1 Å². The van der Waals surface area contributed by atoms with Crippen LogP contribution < -0.4 is 20.5 Å². The van der Waals surface area contributed by atoms with Crippen LogP contribution in [-0.4, -0.2) is 18.4 Å². The molecule has 1 aliphatic rings. The SMILES string of the molecule is CC(C)(NCC(O)c1cc(Cl)c(N)c(Cl)c1)c1ccc2c(c1)OCO2. The van der Waals surface area contributed by atoms with Crippen molar-refractivity contribution < 1.29 is 14.6 Å². The van der Waals surface area contributed by atoms with Crippen LogP contribution in [0.5, 0.6) is 11.5 Å². The van der Waals surface area contributed by atoms with Gasteiger partial charge in [-0.15, -0.1) is 0 Å². The van der Waals surface area contributed by atoms with Crippen LogP contribution in [0.3, 0.4) is 0 Å². The lowest BCUT2D eigenvalue weighted by atomic mass is 9.93. The number of halogens is 2. The summed E-state index contributed by atoms with van der Waals surface area (Å²) in [5.74, 6) is 1.47. The van der Waals surface area contributed by atoms with Gasteiger partial charge in [0.1, 0.15) is 0 Å². The Morgan fingerprint density at radius 1 is 1.16 bits per heavy atom. The van der Waals surface area contributed by atoms with E-state index >= 15 is 0 Å². The van der Waals surface area contributed by atoms with Crippen LogP contribution >= 0.6 is 23.2 Å². The van der Waals surface area contributed by atoms with E-state index in [4.69, 9.17) is 38.4 Å². The quantitative estimate of drug-likeness (QED) is 0.684. The molecule has 5 nitrogen and oxygen atoms in total. The molecule has 0 saturated heterocycles. The van der Waals surface area contributed by atoms with Crippen LogP contribution in [0.2, 0.25) is 10.0 Å². The molecule has 0 spiro atoms. The second-order valence-electron chi connectivity index (χ2n) is 6.49. The minimum absolute atomic E-state index is 0.240. The molecular weight excluding hydrogens is 363 g/mol. The highest BCUT2D eigenvalue weighted by Gasteiger charge is 2.25. The molecule has 0 radical (unpaired) electrons. The highest BCUT2D eigenvalue weighted by Crippen LogP contribution is 2.36. The first-order chi connectivity index (χ1) is 11.8. The Kier molecular flexibility index (Phi) is 5.02. The van der Waals surface area contributed by atoms with E-state index < -0.39 is 6.10 Å². The smallest absolute Gasteiger partial charge is 0.231 e. The lowest BCUT2D eigenvalue weighted by Gasteiger charge is -2.29. The van der Waals surface area contributed by atoms with Crippen LogP contribution in [0.25, 0.3) is 0 Å². The summed E-state index contributed by atoms with van der Waals surface area (Å²) >= 11 is 12.1. The van der Waals surface area contributed by atoms with Gasteiger partial charge in [-0.05, 0) is 49.2 Å². The highest BCUT2D eigenvalue weighted by molar-refractivity contribution is 6.38. The van der Waals surface area contributed by atoms with E-state index in [0.29, 0.717) is 27.8 Å². The molecule has 0 aromatic heterocycles. The Bertz CT molecular complexity index is 773. The first kappa shape index (κ1) is 18.1. The Labute approximate surface area is 156 Å². The van der Waals surface area contributed by atoms with E-state index in [2.05, 4.69) is 5.32 Å². The third-order valence-electron chi connectivity index (χ3n) is 4.32. The van der Waals surface area contributed by atoms with E-state index in [9.17, 15) is 5.11 Å². The number of nitrogens with one attached hydrogen (secondary N) is 1.